The minimum atomic E-state index is 0.410. The summed E-state index contributed by atoms with van der Waals surface area (Å²) >= 11 is 0. The zero-order valence-corrected chi connectivity index (χ0v) is 11.9. The summed E-state index contributed by atoms with van der Waals surface area (Å²) in [5, 5.41) is 2.11. The molecule has 3 heterocycles. The molecule has 0 amide bonds. The number of nitrogens with zero attached hydrogens (tertiary/aromatic N) is 3. The molecular formula is C19H13N3. The number of hydrogen-bond donors (Lipinski definition) is 0. The van der Waals surface area contributed by atoms with Crippen molar-refractivity contribution < 1.29 is 0 Å². The zero-order chi connectivity index (χ0) is 14.5. The highest BCUT2D eigenvalue weighted by Gasteiger charge is 2.30. The van der Waals surface area contributed by atoms with Crippen molar-refractivity contribution in [3.05, 3.63) is 88.4 Å². The minimum Gasteiger partial charge on any atom is -0.262 e. The maximum absolute atomic E-state index is 4.69. The van der Waals surface area contributed by atoms with Gasteiger partial charge in [0, 0.05) is 22.9 Å². The number of fused-ring (bicyclic) bond motifs is 3. The van der Waals surface area contributed by atoms with Gasteiger partial charge in [-0.25, -0.2) is 9.98 Å². The maximum atomic E-state index is 4.69. The van der Waals surface area contributed by atoms with Crippen molar-refractivity contribution in [1.29, 1.82) is 0 Å². The number of benzene rings is 1. The lowest BCUT2D eigenvalue weighted by molar-refractivity contribution is 0.824. The normalized spacial score (nSPS) is 21.2. The fourth-order valence-electron chi connectivity index (χ4n) is 3.43. The Labute approximate surface area is 127 Å². The van der Waals surface area contributed by atoms with E-state index in [-0.39, 0.29) is 0 Å². The second kappa shape index (κ2) is 4.34. The number of pyridine rings is 1. The Kier molecular flexibility index (Phi) is 2.33. The van der Waals surface area contributed by atoms with E-state index >= 15 is 0 Å². The van der Waals surface area contributed by atoms with Crippen LogP contribution in [0, 0.1) is 0 Å². The highest BCUT2D eigenvalue weighted by atomic mass is 15.0. The fourth-order valence-corrected chi connectivity index (χ4v) is 3.43. The van der Waals surface area contributed by atoms with Crippen molar-refractivity contribution in [2.24, 2.45) is 9.98 Å². The molecule has 3 heteroatoms. The van der Waals surface area contributed by atoms with E-state index in [1.54, 1.807) is 0 Å². The van der Waals surface area contributed by atoms with Crippen LogP contribution in [-0.4, -0.2) is 10.8 Å². The topological polar surface area (TPSA) is 37.6 Å². The Balaban J connectivity index is 1.63. The molecule has 22 heavy (non-hydrogen) atoms. The summed E-state index contributed by atoms with van der Waals surface area (Å²) in [5.41, 5.74) is 4.95. The SMILES string of the molecule is C1=CC(c2ccccc2)CC2=C1N=C1N=c3cnccc3=C12. The molecule has 0 radical (unpaired) electrons. The van der Waals surface area contributed by atoms with Crippen molar-refractivity contribution in [3.8, 4) is 0 Å². The second-order valence-corrected chi connectivity index (χ2v) is 5.76. The lowest BCUT2D eigenvalue weighted by atomic mass is 9.85. The van der Waals surface area contributed by atoms with Crippen LogP contribution in [0.2, 0.25) is 0 Å². The molecular weight excluding hydrogens is 270 g/mol. The molecule has 0 fully saturated rings. The predicted molar refractivity (Wildman–Crippen MR) is 85.8 cm³/mol. The van der Waals surface area contributed by atoms with Crippen molar-refractivity contribution in [2.45, 2.75) is 12.3 Å². The summed E-state index contributed by atoms with van der Waals surface area (Å²) in [7, 11) is 0. The van der Waals surface area contributed by atoms with Crippen LogP contribution >= 0.6 is 0 Å². The van der Waals surface area contributed by atoms with E-state index in [4.69, 9.17) is 4.99 Å². The standard InChI is InChI=1S/C19H13N3/c1-2-4-12(5-3-1)13-6-7-16-15(10-13)18-14-8-9-20-11-17(14)22-19(18)21-16/h1-9,11,13H,10H2. The van der Waals surface area contributed by atoms with E-state index in [9.17, 15) is 0 Å². The van der Waals surface area contributed by atoms with Crippen LogP contribution < -0.4 is 10.6 Å². The monoisotopic (exact) mass is 283 g/mol. The molecule has 2 aromatic rings. The first kappa shape index (κ1) is 11.8. The highest BCUT2D eigenvalue weighted by molar-refractivity contribution is 6.26. The Bertz CT molecular complexity index is 994. The molecule has 1 aromatic heterocycles. The molecule has 1 aromatic carbocycles. The van der Waals surface area contributed by atoms with Crippen LogP contribution in [-0.2, 0) is 0 Å². The molecule has 3 aliphatic rings. The highest BCUT2D eigenvalue weighted by Crippen LogP contribution is 2.39. The van der Waals surface area contributed by atoms with Gasteiger partial charge < -0.3 is 0 Å². The van der Waals surface area contributed by atoms with Gasteiger partial charge in [0.1, 0.15) is 0 Å². The molecule has 1 atom stereocenters. The molecule has 5 rings (SSSR count). The summed E-state index contributed by atoms with van der Waals surface area (Å²) in [4.78, 5) is 13.5. The van der Waals surface area contributed by atoms with Crippen LogP contribution in [0.5, 0.6) is 0 Å². The smallest absolute Gasteiger partial charge is 0.161 e. The largest absolute Gasteiger partial charge is 0.262 e. The summed E-state index contributed by atoms with van der Waals surface area (Å²) in [6.07, 6.45) is 9.03. The molecule has 3 nitrogen and oxygen atoms in total. The zero-order valence-electron chi connectivity index (χ0n) is 11.9. The van der Waals surface area contributed by atoms with Gasteiger partial charge in [-0.1, -0.05) is 36.4 Å². The first-order valence-electron chi connectivity index (χ1n) is 7.49. The average Bonchev–Trinajstić information content (AvgIpc) is 3.10. The van der Waals surface area contributed by atoms with Gasteiger partial charge in [0.15, 0.2) is 5.84 Å². The summed E-state index contributed by atoms with van der Waals surface area (Å²) in [5.74, 6) is 1.26. The summed E-state index contributed by atoms with van der Waals surface area (Å²) in [6.45, 7) is 0. The third kappa shape index (κ3) is 1.59. The predicted octanol–water partition coefficient (Wildman–Crippen LogP) is 2.28. The summed E-state index contributed by atoms with van der Waals surface area (Å²) < 4.78 is 0. The van der Waals surface area contributed by atoms with Crippen LogP contribution in [0.3, 0.4) is 0 Å². The van der Waals surface area contributed by atoms with Gasteiger partial charge >= 0.3 is 0 Å². The second-order valence-electron chi connectivity index (χ2n) is 5.76. The van der Waals surface area contributed by atoms with E-state index in [1.165, 1.54) is 21.9 Å². The van der Waals surface area contributed by atoms with Crippen molar-refractivity contribution in [1.82, 2.24) is 4.98 Å². The number of aromatic nitrogens is 1. The van der Waals surface area contributed by atoms with Gasteiger partial charge in [0.05, 0.1) is 17.3 Å². The van der Waals surface area contributed by atoms with E-state index in [1.807, 2.05) is 18.5 Å². The van der Waals surface area contributed by atoms with E-state index < -0.39 is 0 Å². The third-order valence-corrected chi connectivity index (χ3v) is 4.49. The average molecular weight is 283 g/mol. The number of aliphatic imine (C=N–C) groups is 1. The molecule has 0 N–H and O–H groups in total. The maximum Gasteiger partial charge on any atom is 0.161 e. The fraction of sp³-hybridized carbons (Fsp3) is 0.105. The van der Waals surface area contributed by atoms with Crippen LogP contribution in [0.4, 0.5) is 0 Å². The summed E-state index contributed by atoms with van der Waals surface area (Å²) in [6, 6.07) is 12.7. The van der Waals surface area contributed by atoms with Gasteiger partial charge in [-0.15, -0.1) is 0 Å². The van der Waals surface area contributed by atoms with Crippen molar-refractivity contribution in [3.63, 3.8) is 0 Å². The number of amidine groups is 1. The van der Waals surface area contributed by atoms with E-state index in [0.29, 0.717) is 5.92 Å². The van der Waals surface area contributed by atoms with Gasteiger partial charge in [0.2, 0.25) is 0 Å². The van der Waals surface area contributed by atoms with Gasteiger partial charge in [-0.05, 0) is 29.7 Å². The number of allylic oxidation sites excluding steroid dienone is 2. The lowest BCUT2D eigenvalue weighted by Crippen LogP contribution is -2.24. The van der Waals surface area contributed by atoms with E-state index in [0.717, 1.165) is 23.3 Å². The molecule has 0 saturated heterocycles. The Hall–Kier alpha value is -2.81. The van der Waals surface area contributed by atoms with Crippen LogP contribution in [0.1, 0.15) is 17.9 Å². The van der Waals surface area contributed by atoms with Crippen LogP contribution in [0.15, 0.2) is 82.2 Å². The third-order valence-electron chi connectivity index (χ3n) is 4.49. The first-order valence-corrected chi connectivity index (χ1v) is 7.49. The Morgan fingerprint density at radius 1 is 1.00 bits per heavy atom. The number of rotatable bonds is 1. The lowest BCUT2D eigenvalue weighted by Gasteiger charge is -2.19. The van der Waals surface area contributed by atoms with E-state index in [2.05, 4.69) is 52.5 Å². The Morgan fingerprint density at radius 3 is 2.82 bits per heavy atom. The Morgan fingerprint density at radius 2 is 1.91 bits per heavy atom. The van der Waals surface area contributed by atoms with Gasteiger partial charge in [-0.3, -0.25) is 4.98 Å². The van der Waals surface area contributed by atoms with Crippen molar-refractivity contribution >= 4 is 11.4 Å². The first-order chi connectivity index (χ1) is 10.9. The van der Waals surface area contributed by atoms with Gasteiger partial charge in [0.25, 0.3) is 0 Å². The molecule has 0 saturated carbocycles. The molecule has 104 valence electrons. The molecule has 2 aliphatic heterocycles. The molecule has 1 unspecified atom stereocenters. The number of hydrogen-bond acceptors (Lipinski definition) is 3. The van der Waals surface area contributed by atoms with Crippen LogP contribution in [0.25, 0.3) is 5.57 Å². The molecule has 0 bridgehead atoms. The molecule has 1 aliphatic carbocycles. The molecule has 0 spiro atoms. The van der Waals surface area contributed by atoms with Crippen molar-refractivity contribution in [2.75, 3.05) is 0 Å². The quantitative estimate of drug-likeness (QED) is 0.791. The minimum absolute atomic E-state index is 0.410. The van der Waals surface area contributed by atoms with Gasteiger partial charge in [-0.2, -0.15) is 0 Å².